The van der Waals surface area contributed by atoms with Crippen molar-refractivity contribution in [3.63, 3.8) is 0 Å². The van der Waals surface area contributed by atoms with Crippen LogP contribution in [0.15, 0.2) is 29.2 Å². The zero-order valence-electron chi connectivity index (χ0n) is 12.5. The maximum Gasteiger partial charge on any atom is 0.254 e. The Morgan fingerprint density at radius 2 is 2.24 bits per heavy atom. The number of nitrogens with zero attached hydrogens (tertiary/aromatic N) is 3. The van der Waals surface area contributed by atoms with Gasteiger partial charge in [0.05, 0.1) is 11.4 Å². The van der Waals surface area contributed by atoms with Crippen LogP contribution in [0.2, 0.25) is 0 Å². The van der Waals surface area contributed by atoms with Gasteiger partial charge in [-0.1, -0.05) is 19.9 Å². The quantitative estimate of drug-likeness (QED) is 0.934. The van der Waals surface area contributed by atoms with Crippen molar-refractivity contribution in [2.24, 2.45) is 0 Å². The number of nitrogens with one attached hydrogen (secondary N) is 1. The van der Waals surface area contributed by atoms with E-state index in [0.29, 0.717) is 0 Å². The van der Waals surface area contributed by atoms with E-state index in [-0.39, 0.29) is 11.5 Å². The molecule has 0 saturated carbocycles. The van der Waals surface area contributed by atoms with Gasteiger partial charge >= 0.3 is 0 Å². The van der Waals surface area contributed by atoms with E-state index in [1.165, 1.54) is 0 Å². The zero-order valence-corrected chi connectivity index (χ0v) is 12.5. The van der Waals surface area contributed by atoms with Gasteiger partial charge in [-0.05, 0) is 18.6 Å². The maximum atomic E-state index is 12.1. The molecule has 21 heavy (non-hydrogen) atoms. The SMILES string of the molecule is CC(C)c1nc2c(c(=O)[nH]1)CCN(Cc1ccccn1)C2. The van der Waals surface area contributed by atoms with Crippen LogP contribution in [-0.2, 0) is 19.5 Å². The van der Waals surface area contributed by atoms with Gasteiger partial charge in [-0.3, -0.25) is 14.7 Å². The third kappa shape index (κ3) is 3.03. The van der Waals surface area contributed by atoms with Gasteiger partial charge in [-0.15, -0.1) is 0 Å². The second-order valence-corrected chi connectivity index (χ2v) is 5.81. The van der Waals surface area contributed by atoms with E-state index in [2.05, 4.69) is 19.9 Å². The lowest BCUT2D eigenvalue weighted by molar-refractivity contribution is 0.237. The molecule has 1 aliphatic rings. The van der Waals surface area contributed by atoms with Crippen molar-refractivity contribution in [3.05, 3.63) is 57.5 Å². The van der Waals surface area contributed by atoms with E-state index in [0.717, 1.165) is 48.8 Å². The molecule has 0 fully saturated rings. The topological polar surface area (TPSA) is 61.9 Å². The second-order valence-electron chi connectivity index (χ2n) is 5.81. The Morgan fingerprint density at radius 3 is 2.95 bits per heavy atom. The van der Waals surface area contributed by atoms with E-state index in [1.54, 1.807) is 0 Å². The summed E-state index contributed by atoms with van der Waals surface area (Å²) in [7, 11) is 0. The Hall–Kier alpha value is -2.01. The number of hydrogen-bond donors (Lipinski definition) is 1. The Labute approximate surface area is 124 Å². The number of pyridine rings is 1. The normalized spacial score (nSPS) is 15.2. The number of H-pyrrole nitrogens is 1. The molecule has 1 N–H and O–H groups in total. The highest BCUT2D eigenvalue weighted by Crippen LogP contribution is 2.17. The zero-order chi connectivity index (χ0) is 14.8. The Kier molecular flexibility index (Phi) is 3.84. The third-order valence-electron chi connectivity index (χ3n) is 3.83. The number of aromatic amines is 1. The summed E-state index contributed by atoms with van der Waals surface area (Å²) in [5.41, 5.74) is 2.84. The predicted molar refractivity (Wildman–Crippen MR) is 81.0 cm³/mol. The minimum Gasteiger partial charge on any atom is -0.310 e. The highest BCUT2D eigenvalue weighted by molar-refractivity contribution is 5.22. The van der Waals surface area contributed by atoms with Gasteiger partial charge in [0, 0.05) is 37.3 Å². The molecule has 110 valence electrons. The second kappa shape index (κ2) is 5.77. The van der Waals surface area contributed by atoms with Crippen LogP contribution in [0.1, 0.15) is 42.5 Å². The van der Waals surface area contributed by atoms with Gasteiger partial charge in [0.25, 0.3) is 5.56 Å². The predicted octanol–water partition coefficient (Wildman–Crippen LogP) is 1.85. The summed E-state index contributed by atoms with van der Waals surface area (Å²) in [4.78, 5) is 26.3. The van der Waals surface area contributed by atoms with Gasteiger partial charge < -0.3 is 4.98 Å². The molecule has 0 atom stereocenters. The van der Waals surface area contributed by atoms with Crippen molar-refractivity contribution in [1.29, 1.82) is 0 Å². The molecule has 0 spiro atoms. The summed E-state index contributed by atoms with van der Waals surface area (Å²) in [6.45, 7) is 6.47. The standard InChI is InChI=1S/C16H20N4O/c1-11(2)15-18-14-10-20(8-6-13(14)16(21)19-15)9-12-5-3-4-7-17-12/h3-5,7,11H,6,8-10H2,1-2H3,(H,18,19,21). The molecule has 0 amide bonds. The third-order valence-corrected chi connectivity index (χ3v) is 3.83. The van der Waals surface area contributed by atoms with Crippen LogP contribution in [0, 0.1) is 0 Å². The van der Waals surface area contributed by atoms with E-state index >= 15 is 0 Å². The molecule has 0 aromatic carbocycles. The van der Waals surface area contributed by atoms with Crippen molar-refractivity contribution in [2.75, 3.05) is 6.54 Å². The first-order valence-corrected chi connectivity index (χ1v) is 7.37. The lowest BCUT2D eigenvalue weighted by Crippen LogP contribution is -2.35. The molecule has 2 aromatic rings. The summed E-state index contributed by atoms with van der Waals surface area (Å²) < 4.78 is 0. The summed E-state index contributed by atoms with van der Waals surface area (Å²) in [6.07, 6.45) is 2.57. The largest absolute Gasteiger partial charge is 0.310 e. The lowest BCUT2D eigenvalue weighted by Gasteiger charge is -2.27. The van der Waals surface area contributed by atoms with Crippen LogP contribution in [0.5, 0.6) is 0 Å². The molecule has 0 radical (unpaired) electrons. The molecule has 3 rings (SSSR count). The average molecular weight is 284 g/mol. The minimum absolute atomic E-state index is 0.0289. The van der Waals surface area contributed by atoms with Crippen molar-refractivity contribution >= 4 is 0 Å². The van der Waals surface area contributed by atoms with E-state index < -0.39 is 0 Å². The van der Waals surface area contributed by atoms with Gasteiger partial charge in [0.15, 0.2) is 0 Å². The molecule has 5 heteroatoms. The number of rotatable bonds is 3. The highest BCUT2D eigenvalue weighted by atomic mass is 16.1. The monoisotopic (exact) mass is 284 g/mol. The van der Waals surface area contributed by atoms with Crippen LogP contribution < -0.4 is 5.56 Å². The highest BCUT2D eigenvalue weighted by Gasteiger charge is 2.21. The Bertz CT molecular complexity index is 678. The molecule has 3 heterocycles. The van der Waals surface area contributed by atoms with Gasteiger partial charge in [-0.25, -0.2) is 4.98 Å². The first kappa shape index (κ1) is 13.9. The van der Waals surface area contributed by atoms with Crippen molar-refractivity contribution in [2.45, 2.75) is 39.3 Å². The van der Waals surface area contributed by atoms with E-state index in [4.69, 9.17) is 0 Å². The first-order chi connectivity index (χ1) is 10.1. The first-order valence-electron chi connectivity index (χ1n) is 7.37. The summed E-state index contributed by atoms with van der Waals surface area (Å²) in [5, 5.41) is 0. The molecule has 5 nitrogen and oxygen atoms in total. The fourth-order valence-corrected chi connectivity index (χ4v) is 2.64. The van der Waals surface area contributed by atoms with Crippen molar-refractivity contribution < 1.29 is 0 Å². The smallest absolute Gasteiger partial charge is 0.254 e. The van der Waals surface area contributed by atoms with E-state index in [9.17, 15) is 4.79 Å². The number of aromatic nitrogens is 3. The van der Waals surface area contributed by atoms with Crippen molar-refractivity contribution in [1.82, 2.24) is 19.9 Å². The van der Waals surface area contributed by atoms with Crippen LogP contribution >= 0.6 is 0 Å². The molecule has 0 saturated heterocycles. The Balaban J connectivity index is 1.83. The van der Waals surface area contributed by atoms with Crippen LogP contribution in [0.25, 0.3) is 0 Å². The summed E-state index contributed by atoms with van der Waals surface area (Å²) in [6, 6.07) is 5.95. The van der Waals surface area contributed by atoms with Gasteiger partial charge in [-0.2, -0.15) is 0 Å². The van der Waals surface area contributed by atoms with Gasteiger partial charge in [0.1, 0.15) is 5.82 Å². The summed E-state index contributed by atoms with van der Waals surface area (Å²) >= 11 is 0. The maximum absolute atomic E-state index is 12.1. The fraction of sp³-hybridized carbons (Fsp3) is 0.438. The van der Waals surface area contributed by atoms with Crippen molar-refractivity contribution in [3.8, 4) is 0 Å². The number of fused-ring (bicyclic) bond motifs is 1. The molecule has 0 aliphatic carbocycles. The Morgan fingerprint density at radius 1 is 1.38 bits per heavy atom. The fourth-order valence-electron chi connectivity index (χ4n) is 2.64. The summed E-state index contributed by atoms with van der Waals surface area (Å²) in [5.74, 6) is 1.01. The lowest BCUT2D eigenvalue weighted by atomic mass is 10.1. The molecule has 1 aliphatic heterocycles. The molecule has 0 bridgehead atoms. The van der Waals surface area contributed by atoms with Crippen LogP contribution in [0.3, 0.4) is 0 Å². The number of hydrogen-bond acceptors (Lipinski definition) is 4. The molecule has 0 unspecified atom stereocenters. The van der Waals surface area contributed by atoms with E-state index in [1.807, 2.05) is 38.2 Å². The van der Waals surface area contributed by atoms with Gasteiger partial charge in [0.2, 0.25) is 0 Å². The molecule has 2 aromatic heterocycles. The molecular weight excluding hydrogens is 264 g/mol. The van der Waals surface area contributed by atoms with Crippen LogP contribution in [-0.4, -0.2) is 26.4 Å². The van der Waals surface area contributed by atoms with Crippen LogP contribution in [0.4, 0.5) is 0 Å². The molecular formula is C16H20N4O. The average Bonchev–Trinajstić information content (AvgIpc) is 2.48. The minimum atomic E-state index is 0.0289.